The predicted molar refractivity (Wildman–Crippen MR) is 98.8 cm³/mol. The molecule has 2 heterocycles. The average Bonchev–Trinajstić information content (AvgIpc) is 3.51. The summed E-state index contributed by atoms with van der Waals surface area (Å²) in [7, 11) is 3.14. The molecule has 7 nitrogen and oxygen atoms in total. The lowest BCUT2D eigenvalue weighted by Crippen LogP contribution is -2.07. The fourth-order valence-corrected chi connectivity index (χ4v) is 2.90. The molecule has 7 heteroatoms. The van der Waals surface area contributed by atoms with Crippen molar-refractivity contribution in [3.05, 3.63) is 36.4 Å². The van der Waals surface area contributed by atoms with Crippen LogP contribution in [-0.2, 0) is 4.74 Å². The third-order valence-corrected chi connectivity index (χ3v) is 4.39. The first kappa shape index (κ1) is 17.2. The van der Waals surface area contributed by atoms with Crippen LogP contribution in [0.15, 0.2) is 36.4 Å². The number of hydrogen-bond donors (Lipinski definition) is 2. The molecule has 1 saturated heterocycles. The Morgan fingerprint density at radius 1 is 1.07 bits per heavy atom. The van der Waals surface area contributed by atoms with Gasteiger partial charge in [0.1, 0.15) is 12.7 Å². The van der Waals surface area contributed by atoms with Gasteiger partial charge in [0.15, 0.2) is 23.0 Å². The van der Waals surface area contributed by atoms with Gasteiger partial charge in [0.2, 0.25) is 5.88 Å². The van der Waals surface area contributed by atoms with Crippen molar-refractivity contribution in [2.45, 2.75) is 6.10 Å². The number of epoxide rings is 1. The van der Waals surface area contributed by atoms with E-state index in [0.29, 0.717) is 47.2 Å². The summed E-state index contributed by atoms with van der Waals surface area (Å²) in [6.45, 7) is 1.05. The Morgan fingerprint density at radius 3 is 2.56 bits per heavy atom. The topological polar surface area (TPSA) is 93.6 Å². The van der Waals surface area contributed by atoms with Gasteiger partial charge in [0.05, 0.1) is 31.9 Å². The zero-order valence-corrected chi connectivity index (χ0v) is 14.9. The number of benzene rings is 2. The van der Waals surface area contributed by atoms with Crippen LogP contribution in [0.25, 0.3) is 22.0 Å². The third kappa shape index (κ3) is 3.29. The zero-order chi connectivity index (χ0) is 19.0. The van der Waals surface area contributed by atoms with E-state index in [1.165, 1.54) is 12.1 Å². The maximum atomic E-state index is 9.82. The summed E-state index contributed by atoms with van der Waals surface area (Å²) in [5.74, 6) is 1.11. The van der Waals surface area contributed by atoms with Crippen molar-refractivity contribution in [3.63, 3.8) is 0 Å². The highest BCUT2D eigenvalue weighted by Crippen LogP contribution is 2.42. The SMILES string of the molecule is COc1ccc2cc(-c3ccc(O)c(O)c3)nc(OCC3CO3)c2c1OC. The third-order valence-electron chi connectivity index (χ3n) is 4.39. The number of phenolic OH excluding ortho intramolecular Hbond substituents is 2. The number of fused-ring (bicyclic) bond motifs is 1. The first-order valence-corrected chi connectivity index (χ1v) is 8.43. The van der Waals surface area contributed by atoms with Crippen molar-refractivity contribution in [1.29, 1.82) is 0 Å². The van der Waals surface area contributed by atoms with Gasteiger partial charge in [-0.15, -0.1) is 0 Å². The van der Waals surface area contributed by atoms with Gasteiger partial charge in [-0.25, -0.2) is 4.98 Å². The summed E-state index contributed by atoms with van der Waals surface area (Å²) >= 11 is 0. The molecule has 0 spiro atoms. The van der Waals surface area contributed by atoms with Crippen LogP contribution >= 0.6 is 0 Å². The van der Waals surface area contributed by atoms with E-state index >= 15 is 0 Å². The van der Waals surface area contributed by atoms with E-state index in [9.17, 15) is 10.2 Å². The quantitative estimate of drug-likeness (QED) is 0.509. The van der Waals surface area contributed by atoms with Crippen LogP contribution in [0.5, 0.6) is 28.9 Å². The molecule has 0 amide bonds. The summed E-state index contributed by atoms with van der Waals surface area (Å²) < 4.78 is 22.1. The number of ether oxygens (including phenoxy) is 4. The van der Waals surface area contributed by atoms with Crippen LogP contribution in [0.1, 0.15) is 0 Å². The molecular weight excluding hydrogens is 350 g/mol. The smallest absolute Gasteiger partial charge is 0.225 e. The highest BCUT2D eigenvalue weighted by molar-refractivity contribution is 5.96. The minimum absolute atomic E-state index is 0.0693. The van der Waals surface area contributed by atoms with E-state index in [2.05, 4.69) is 4.98 Å². The van der Waals surface area contributed by atoms with E-state index < -0.39 is 0 Å². The van der Waals surface area contributed by atoms with Gasteiger partial charge in [0, 0.05) is 5.56 Å². The maximum Gasteiger partial charge on any atom is 0.225 e. The molecular formula is C20H19NO6. The Labute approximate surface area is 155 Å². The molecule has 0 aliphatic carbocycles. The molecule has 2 N–H and O–H groups in total. The number of rotatable bonds is 6. The molecule has 2 aromatic carbocycles. The fourth-order valence-electron chi connectivity index (χ4n) is 2.90. The molecule has 27 heavy (non-hydrogen) atoms. The lowest BCUT2D eigenvalue weighted by atomic mass is 10.1. The van der Waals surface area contributed by atoms with Crippen LogP contribution in [0.2, 0.25) is 0 Å². The Balaban J connectivity index is 1.89. The maximum absolute atomic E-state index is 9.82. The largest absolute Gasteiger partial charge is 0.504 e. The summed E-state index contributed by atoms with van der Waals surface area (Å²) in [6, 6.07) is 10.1. The van der Waals surface area contributed by atoms with E-state index in [4.69, 9.17) is 18.9 Å². The normalized spacial score (nSPS) is 15.6. The first-order valence-electron chi connectivity index (χ1n) is 8.43. The van der Waals surface area contributed by atoms with Gasteiger partial charge in [0.25, 0.3) is 0 Å². The van der Waals surface area contributed by atoms with Gasteiger partial charge < -0.3 is 29.2 Å². The molecule has 4 rings (SSSR count). The monoisotopic (exact) mass is 369 g/mol. The molecule has 1 unspecified atom stereocenters. The standard InChI is InChI=1S/C20H19NO6/c1-24-17-6-4-12-7-14(11-3-5-15(22)16(23)8-11)21-20(18(12)19(17)25-2)27-10-13-9-26-13/h3-8,13,22-23H,9-10H2,1-2H3. The van der Waals surface area contributed by atoms with Crippen molar-refractivity contribution in [2.24, 2.45) is 0 Å². The van der Waals surface area contributed by atoms with Crippen molar-refractivity contribution in [1.82, 2.24) is 4.98 Å². The molecule has 0 saturated carbocycles. The average molecular weight is 369 g/mol. The van der Waals surface area contributed by atoms with Gasteiger partial charge in [-0.1, -0.05) is 6.07 Å². The van der Waals surface area contributed by atoms with E-state index in [1.807, 2.05) is 18.2 Å². The van der Waals surface area contributed by atoms with Crippen molar-refractivity contribution < 1.29 is 29.2 Å². The Bertz CT molecular complexity index is 999. The summed E-state index contributed by atoms with van der Waals surface area (Å²) in [4.78, 5) is 4.62. The Morgan fingerprint density at radius 2 is 1.89 bits per heavy atom. The second-order valence-corrected chi connectivity index (χ2v) is 6.18. The highest BCUT2D eigenvalue weighted by atomic mass is 16.6. The van der Waals surface area contributed by atoms with Crippen LogP contribution in [0, 0.1) is 0 Å². The lowest BCUT2D eigenvalue weighted by Gasteiger charge is -2.15. The summed E-state index contributed by atoms with van der Waals surface area (Å²) in [5, 5.41) is 20.9. The van der Waals surface area contributed by atoms with Crippen molar-refractivity contribution in [3.8, 4) is 40.1 Å². The van der Waals surface area contributed by atoms with E-state index in [0.717, 1.165) is 5.39 Å². The molecule has 1 aliphatic rings. The van der Waals surface area contributed by atoms with Gasteiger partial charge >= 0.3 is 0 Å². The molecule has 3 aromatic rings. The van der Waals surface area contributed by atoms with E-state index in [-0.39, 0.29) is 17.6 Å². The number of hydrogen-bond acceptors (Lipinski definition) is 7. The number of aromatic hydroxyl groups is 2. The molecule has 140 valence electrons. The highest BCUT2D eigenvalue weighted by Gasteiger charge is 2.25. The number of methoxy groups -OCH3 is 2. The summed E-state index contributed by atoms with van der Waals surface area (Å²) in [5.41, 5.74) is 1.24. The number of phenols is 2. The van der Waals surface area contributed by atoms with Crippen molar-refractivity contribution in [2.75, 3.05) is 27.4 Å². The van der Waals surface area contributed by atoms with Crippen LogP contribution in [0.4, 0.5) is 0 Å². The molecule has 1 fully saturated rings. The summed E-state index contributed by atoms with van der Waals surface area (Å²) in [6.07, 6.45) is 0.0693. The molecule has 1 atom stereocenters. The number of nitrogens with zero attached hydrogens (tertiary/aromatic N) is 1. The fraction of sp³-hybridized carbons (Fsp3) is 0.250. The lowest BCUT2D eigenvalue weighted by molar-refractivity contribution is 0.257. The van der Waals surface area contributed by atoms with Crippen LogP contribution in [0.3, 0.4) is 0 Å². The van der Waals surface area contributed by atoms with E-state index in [1.54, 1.807) is 20.3 Å². The second kappa shape index (κ2) is 6.85. The van der Waals surface area contributed by atoms with Gasteiger partial charge in [-0.2, -0.15) is 0 Å². The minimum Gasteiger partial charge on any atom is -0.504 e. The molecule has 1 aliphatic heterocycles. The minimum atomic E-state index is -0.212. The molecule has 1 aromatic heterocycles. The van der Waals surface area contributed by atoms with Crippen LogP contribution in [-0.4, -0.2) is 48.7 Å². The second-order valence-electron chi connectivity index (χ2n) is 6.18. The number of aromatic nitrogens is 1. The Hall–Kier alpha value is -3.19. The molecule has 0 bridgehead atoms. The number of pyridine rings is 1. The Kier molecular flexibility index (Phi) is 4.37. The van der Waals surface area contributed by atoms with Gasteiger partial charge in [-0.3, -0.25) is 0 Å². The molecule has 0 radical (unpaired) electrons. The predicted octanol–water partition coefficient (Wildman–Crippen LogP) is 3.11. The van der Waals surface area contributed by atoms with Crippen LogP contribution < -0.4 is 14.2 Å². The van der Waals surface area contributed by atoms with Crippen molar-refractivity contribution >= 4 is 10.8 Å². The first-order chi connectivity index (χ1) is 13.1. The van der Waals surface area contributed by atoms with Gasteiger partial charge in [-0.05, 0) is 35.7 Å². The zero-order valence-electron chi connectivity index (χ0n) is 14.9.